The predicted octanol–water partition coefficient (Wildman–Crippen LogP) is 5.06. The fraction of sp³-hybridized carbons (Fsp3) is 0.600. The molecular formula is C20H31BO2S. The summed E-state index contributed by atoms with van der Waals surface area (Å²) in [6, 6.07) is 4.57. The molecule has 0 amide bonds. The summed E-state index contributed by atoms with van der Waals surface area (Å²) in [5.74, 6) is 0.622. The highest BCUT2D eigenvalue weighted by Gasteiger charge is 2.52. The van der Waals surface area contributed by atoms with Crippen LogP contribution in [0.3, 0.4) is 0 Å². The molecule has 4 heteroatoms. The van der Waals surface area contributed by atoms with Crippen LogP contribution < -0.4 is 0 Å². The van der Waals surface area contributed by atoms with Crippen molar-refractivity contribution in [1.29, 1.82) is 0 Å². The van der Waals surface area contributed by atoms with Crippen molar-refractivity contribution in [3.05, 3.63) is 39.9 Å². The lowest BCUT2D eigenvalue weighted by molar-refractivity contribution is 0.00578. The maximum absolute atomic E-state index is 6.22. The van der Waals surface area contributed by atoms with Gasteiger partial charge in [-0.25, -0.2) is 0 Å². The third kappa shape index (κ3) is 3.76. The molecule has 0 unspecified atom stereocenters. The number of hydrogen-bond donors (Lipinski definition) is 1. The molecule has 1 aliphatic heterocycles. The van der Waals surface area contributed by atoms with Gasteiger partial charge in [0.1, 0.15) is 0 Å². The molecule has 1 aromatic rings. The van der Waals surface area contributed by atoms with E-state index in [0.717, 1.165) is 18.3 Å². The third-order valence-electron chi connectivity index (χ3n) is 5.33. The summed E-state index contributed by atoms with van der Waals surface area (Å²) in [7, 11) is -0.330. The van der Waals surface area contributed by atoms with Gasteiger partial charge in [0.05, 0.1) is 11.2 Å². The van der Waals surface area contributed by atoms with E-state index in [2.05, 4.69) is 79.3 Å². The van der Waals surface area contributed by atoms with E-state index in [9.17, 15) is 0 Å². The molecule has 1 aromatic carbocycles. The minimum absolute atomic E-state index is 0.325. The van der Waals surface area contributed by atoms with Crippen molar-refractivity contribution in [3.63, 3.8) is 0 Å². The molecule has 1 fully saturated rings. The van der Waals surface area contributed by atoms with Gasteiger partial charge in [-0.05, 0) is 69.6 Å². The second kappa shape index (κ2) is 7.27. The van der Waals surface area contributed by atoms with Gasteiger partial charge in [0.2, 0.25) is 0 Å². The van der Waals surface area contributed by atoms with E-state index in [1.807, 2.05) is 0 Å². The van der Waals surface area contributed by atoms with Gasteiger partial charge in [-0.1, -0.05) is 37.6 Å². The van der Waals surface area contributed by atoms with E-state index in [0.29, 0.717) is 5.75 Å². The number of rotatable bonds is 5. The molecule has 132 valence electrons. The van der Waals surface area contributed by atoms with Gasteiger partial charge in [0.25, 0.3) is 0 Å². The first-order valence-corrected chi connectivity index (χ1v) is 9.57. The summed E-state index contributed by atoms with van der Waals surface area (Å²) in [5, 5.41) is 0. The van der Waals surface area contributed by atoms with Gasteiger partial charge in [0, 0.05) is 5.75 Å². The van der Waals surface area contributed by atoms with Crippen LogP contribution in [0.5, 0.6) is 0 Å². The zero-order valence-electron chi connectivity index (χ0n) is 16.2. The maximum Gasteiger partial charge on any atom is 0.491 e. The van der Waals surface area contributed by atoms with Crippen LogP contribution in [-0.4, -0.2) is 24.1 Å². The van der Waals surface area contributed by atoms with Crippen LogP contribution in [0.15, 0.2) is 17.6 Å². The Balaban J connectivity index is 2.46. The lowest BCUT2D eigenvalue weighted by atomic mass is 9.77. The lowest BCUT2D eigenvalue weighted by Gasteiger charge is -2.32. The zero-order chi connectivity index (χ0) is 18.1. The Bertz CT molecular complexity index is 594. The van der Waals surface area contributed by atoms with Crippen LogP contribution in [0.4, 0.5) is 0 Å². The normalized spacial score (nSPS) is 19.8. The van der Waals surface area contributed by atoms with Gasteiger partial charge in [-0.15, -0.1) is 0 Å². The molecule has 1 heterocycles. The highest BCUT2D eigenvalue weighted by molar-refractivity contribution is 7.80. The second-order valence-corrected chi connectivity index (χ2v) is 7.99. The van der Waals surface area contributed by atoms with Crippen molar-refractivity contribution in [2.75, 3.05) is 5.75 Å². The highest BCUT2D eigenvalue weighted by Crippen LogP contribution is 2.39. The molecule has 0 radical (unpaired) electrons. The van der Waals surface area contributed by atoms with Gasteiger partial charge in [0.15, 0.2) is 0 Å². The molecule has 1 saturated heterocycles. The Hall–Kier alpha value is -0.705. The van der Waals surface area contributed by atoms with Gasteiger partial charge in [-0.2, -0.15) is 12.6 Å². The minimum atomic E-state index is -0.330. The average Bonchev–Trinajstić information content (AvgIpc) is 2.72. The SMILES string of the molecule is CCc1cc(C)cc(CC)c1C=C(CS)B1OC(C)(C)C(C)(C)O1. The Labute approximate surface area is 153 Å². The first kappa shape index (κ1) is 19.6. The first-order valence-electron chi connectivity index (χ1n) is 8.94. The van der Waals surface area contributed by atoms with E-state index < -0.39 is 0 Å². The second-order valence-electron chi connectivity index (χ2n) is 7.67. The Morgan fingerprint density at radius 1 is 1.04 bits per heavy atom. The van der Waals surface area contributed by atoms with Crippen LogP contribution >= 0.6 is 12.6 Å². The van der Waals surface area contributed by atoms with E-state index in [-0.39, 0.29) is 18.3 Å². The fourth-order valence-corrected chi connectivity index (χ4v) is 3.33. The first-order chi connectivity index (χ1) is 11.1. The van der Waals surface area contributed by atoms with Gasteiger partial charge < -0.3 is 9.31 Å². The Morgan fingerprint density at radius 2 is 1.50 bits per heavy atom. The summed E-state index contributed by atoms with van der Waals surface area (Å²) < 4.78 is 12.4. The van der Waals surface area contributed by atoms with Crippen LogP contribution in [0.25, 0.3) is 6.08 Å². The third-order valence-corrected chi connectivity index (χ3v) is 5.69. The smallest absolute Gasteiger partial charge is 0.400 e. The number of thiol groups is 1. The Morgan fingerprint density at radius 3 is 1.88 bits per heavy atom. The molecule has 0 atom stereocenters. The molecule has 0 aromatic heterocycles. The van der Waals surface area contributed by atoms with E-state index in [4.69, 9.17) is 9.31 Å². The summed E-state index contributed by atoms with van der Waals surface area (Å²) in [6.45, 7) is 14.9. The number of hydrogen-bond acceptors (Lipinski definition) is 3. The van der Waals surface area contributed by atoms with Crippen molar-refractivity contribution >= 4 is 25.8 Å². The van der Waals surface area contributed by atoms with Crippen molar-refractivity contribution < 1.29 is 9.31 Å². The van der Waals surface area contributed by atoms with Gasteiger partial charge in [-0.3, -0.25) is 0 Å². The quantitative estimate of drug-likeness (QED) is 0.593. The van der Waals surface area contributed by atoms with Crippen molar-refractivity contribution in [1.82, 2.24) is 0 Å². The molecule has 1 aliphatic rings. The molecule has 2 nitrogen and oxygen atoms in total. The summed E-state index contributed by atoms with van der Waals surface area (Å²) >= 11 is 4.55. The molecule has 24 heavy (non-hydrogen) atoms. The van der Waals surface area contributed by atoms with Crippen molar-refractivity contribution in [2.24, 2.45) is 0 Å². The summed E-state index contributed by atoms with van der Waals surface area (Å²) in [6.07, 6.45) is 4.28. The van der Waals surface area contributed by atoms with E-state index >= 15 is 0 Å². The molecule has 0 aliphatic carbocycles. The summed E-state index contributed by atoms with van der Waals surface area (Å²) in [5.41, 5.74) is 5.83. The maximum atomic E-state index is 6.22. The van der Waals surface area contributed by atoms with Crippen LogP contribution in [0.2, 0.25) is 0 Å². The molecule has 0 saturated carbocycles. The fourth-order valence-electron chi connectivity index (χ4n) is 3.09. The van der Waals surface area contributed by atoms with Gasteiger partial charge >= 0.3 is 7.12 Å². The van der Waals surface area contributed by atoms with Crippen molar-refractivity contribution in [2.45, 2.75) is 72.5 Å². The lowest BCUT2D eigenvalue weighted by Crippen LogP contribution is -2.41. The average molecular weight is 346 g/mol. The molecular weight excluding hydrogens is 315 g/mol. The van der Waals surface area contributed by atoms with E-state index in [1.54, 1.807) is 0 Å². The van der Waals surface area contributed by atoms with Crippen LogP contribution in [-0.2, 0) is 22.2 Å². The number of aryl methyl sites for hydroxylation is 3. The minimum Gasteiger partial charge on any atom is -0.400 e. The largest absolute Gasteiger partial charge is 0.491 e. The van der Waals surface area contributed by atoms with Crippen molar-refractivity contribution in [3.8, 4) is 0 Å². The predicted molar refractivity (Wildman–Crippen MR) is 108 cm³/mol. The zero-order valence-corrected chi connectivity index (χ0v) is 17.1. The molecule has 0 spiro atoms. The Kier molecular flexibility index (Phi) is 5.94. The van der Waals surface area contributed by atoms with Crippen LogP contribution in [0.1, 0.15) is 63.8 Å². The highest BCUT2D eigenvalue weighted by atomic mass is 32.1. The monoisotopic (exact) mass is 346 g/mol. The van der Waals surface area contributed by atoms with Crippen LogP contribution in [0, 0.1) is 6.92 Å². The summed E-state index contributed by atoms with van der Waals surface area (Å²) in [4.78, 5) is 0. The standard InChI is InChI=1S/C20H31BO2S/c1-8-15-10-14(3)11-16(9-2)18(15)12-17(13-24)21-22-19(4,5)20(6,7)23-21/h10-12,24H,8-9,13H2,1-7H3. The number of benzene rings is 1. The molecule has 2 rings (SSSR count). The topological polar surface area (TPSA) is 18.5 Å². The van der Waals surface area contributed by atoms with E-state index in [1.165, 1.54) is 22.3 Å². The molecule has 0 N–H and O–H groups in total. The molecule has 0 bridgehead atoms.